The lowest BCUT2D eigenvalue weighted by Crippen LogP contribution is -2.42. The predicted molar refractivity (Wildman–Crippen MR) is 66.9 cm³/mol. The van der Waals surface area contributed by atoms with E-state index in [4.69, 9.17) is 10.5 Å². The molecule has 17 heavy (non-hydrogen) atoms. The Morgan fingerprint density at radius 1 is 1.59 bits per heavy atom. The summed E-state index contributed by atoms with van der Waals surface area (Å²) in [5.74, 6) is 0. The van der Waals surface area contributed by atoms with Crippen molar-refractivity contribution >= 4 is 21.6 Å². The molecule has 0 aliphatic carbocycles. The van der Waals surface area contributed by atoms with Crippen molar-refractivity contribution in [1.29, 1.82) is 0 Å². The standard InChI is InChI=1S/C11H13BrN2O3/c12-10-8(2-1-3-9(10)14(15)16)6-11(13)4-5-17-7-11/h1-3H,4-7,13H2. The monoisotopic (exact) mass is 300 g/mol. The minimum atomic E-state index is -0.405. The number of nitro benzene ring substituents is 1. The van der Waals surface area contributed by atoms with Crippen LogP contribution in [0.3, 0.4) is 0 Å². The van der Waals surface area contributed by atoms with Crippen molar-refractivity contribution in [3.63, 3.8) is 0 Å². The van der Waals surface area contributed by atoms with E-state index in [1.165, 1.54) is 6.07 Å². The predicted octanol–water partition coefficient (Wildman–Crippen LogP) is 2.02. The number of rotatable bonds is 3. The fourth-order valence-corrected chi connectivity index (χ4v) is 2.53. The van der Waals surface area contributed by atoms with E-state index in [0.717, 1.165) is 12.0 Å². The van der Waals surface area contributed by atoms with Gasteiger partial charge >= 0.3 is 0 Å². The first-order valence-electron chi connectivity index (χ1n) is 5.30. The Morgan fingerprint density at radius 2 is 2.35 bits per heavy atom. The van der Waals surface area contributed by atoms with E-state index in [1.807, 2.05) is 6.07 Å². The summed E-state index contributed by atoms with van der Waals surface area (Å²) < 4.78 is 5.79. The zero-order valence-corrected chi connectivity index (χ0v) is 10.8. The van der Waals surface area contributed by atoms with E-state index in [0.29, 0.717) is 24.1 Å². The van der Waals surface area contributed by atoms with E-state index in [-0.39, 0.29) is 5.69 Å². The van der Waals surface area contributed by atoms with Crippen LogP contribution in [0.15, 0.2) is 22.7 Å². The summed E-state index contributed by atoms with van der Waals surface area (Å²) in [6.45, 7) is 1.16. The van der Waals surface area contributed by atoms with Crippen molar-refractivity contribution in [3.8, 4) is 0 Å². The second-order valence-corrected chi connectivity index (χ2v) is 5.14. The molecular formula is C11H13BrN2O3. The number of hydrogen-bond donors (Lipinski definition) is 1. The largest absolute Gasteiger partial charge is 0.379 e. The molecule has 1 unspecified atom stereocenters. The number of nitrogens with two attached hydrogens (primary N) is 1. The molecule has 0 aromatic heterocycles. The third kappa shape index (κ3) is 2.65. The highest BCUT2D eigenvalue weighted by molar-refractivity contribution is 9.10. The first kappa shape index (κ1) is 12.5. The molecule has 0 radical (unpaired) electrons. The Labute approximate surface area is 107 Å². The van der Waals surface area contributed by atoms with E-state index in [1.54, 1.807) is 6.07 Å². The molecule has 92 valence electrons. The molecule has 5 nitrogen and oxygen atoms in total. The molecule has 1 saturated heterocycles. The van der Waals surface area contributed by atoms with Crippen LogP contribution in [-0.4, -0.2) is 23.7 Å². The van der Waals surface area contributed by atoms with Crippen LogP contribution in [0.1, 0.15) is 12.0 Å². The Kier molecular flexibility index (Phi) is 3.46. The van der Waals surface area contributed by atoms with Crippen LogP contribution in [0.5, 0.6) is 0 Å². The number of hydrogen-bond acceptors (Lipinski definition) is 4. The molecule has 1 aliphatic heterocycles. The molecule has 0 amide bonds. The lowest BCUT2D eigenvalue weighted by molar-refractivity contribution is -0.385. The molecule has 1 atom stereocenters. The van der Waals surface area contributed by atoms with E-state index >= 15 is 0 Å². The maximum atomic E-state index is 10.8. The topological polar surface area (TPSA) is 78.4 Å². The fraction of sp³-hybridized carbons (Fsp3) is 0.455. The molecular weight excluding hydrogens is 288 g/mol. The van der Waals surface area contributed by atoms with Crippen LogP contribution < -0.4 is 5.73 Å². The van der Waals surface area contributed by atoms with Gasteiger partial charge in [0.05, 0.1) is 16.0 Å². The summed E-state index contributed by atoms with van der Waals surface area (Å²) in [4.78, 5) is 10.4. The van der Waals surface area contributed by atoms with E-state index in [9.17, 15) is 10.1 Å². The number of ether oxygens (including phenoxy) is 1. The molecule has 1 aromatic carbocycles. The molecule has 2 rings (SSSR count). The highest BCUT2D eigenvalue weighted by atomic mass is 79.9. The Hall–Kier alpha value is -0.980. The van der Waals surface area contributed by atoms with Crippen LogP contribution >= 0.6 is 15.9 Å². The molecule has 0 bridgehead atoms. The van der Waals surface area contributed by atoms with Crippen LogP contribution in [-0.2, 0) is 11.2 Å². The Balaban J connectivity index is 2.27. The molecule has 1 fully saturated rings. The van der Waals surface area contributed by atoms with Crippen molar-refractivity contribution in [1.82, 2.24) is 0 Å². The summed E-state index contributed by atoms with van der Waals surface area (Å²) in [7, 11) is 0. The summed E-state index contributed by atoms with van der Waals surface area (Å²) in [6, 6.07) is 5.00. The second kappa shape index (κ2) is 4.72. The number of nitro groups is 1. The van der Waals surface area contributed by atoms with Gasteiger partial charge in [0.1, 0.15) is 0 Å². The minimum absolute atomic E-state index is 0.0741. The average molecular weight is 301 g/mol. The van der Waals surface area contributed by atoms with Gasteiger partial charge in [0.15, 0.2) is 0 Å². The van der Waals surface area contributed by atoms with Gasteiger partial charge in [-0.2, -0.15) is 0 Å². The smallest absolute Gasteiger partial charge is 0.283 e. The van der Waals surface area contributed by atoms with Crippen molar-refractivity contribution in [2.24, 2.45) is 5.73 Å². The normalized spacial score (nSPS) is 23.9. The van der Waals surface area contributed by atoms with E-state index < -0.39 is 10.5 Å². The SMILES string of the molecule is NC1(Cc2cccc([N+](=O)[O-])c2Br)CCOC1. The van der Waals surface area contributed by atoms with Gasteiger partial charge in [-0.1, -0.05) is 12.1 Å². The van der Waals surface area contributed by atoms with Gasteiger partial charge in [-0.05, 0) is 34.3 Å². The molecule has 1 heterocycles. The first-order chi connectivity index (χ1) is 8.02. The van der Waals surface area contributed by atoms with Crippen molar-refractivity contribution in [2.75, 3.05) is 13.2 Å². The number of halogens is 1. The Bertz CT molecular complexity index is 444. The third-order valence-corrected chi connectivity index (χ3v) is 3.85. The number of benzene rings is 1. The van der Waals surface area contributed by atoms with E-state index in [2.05, 4.69) is 15.9 Å². The lowest BCUT2D eigenvalue weighted by atomic mass is 9.91. The van der Waals surface area contributed by atoms with Gasteiger partial charge in [-0.25, -0.2) is 0 Å². The Morgan fingerprint density at radius 3 is 2.94 bits per heavy atom. The van der Waals surface area contributed by atoms with Crippen molar-refractivity contribution in [3.05, 3.63) is 38.3 Å². The second-order valence-electron chi connectivity index (χ2n) is 4.35. The minimum Gasteiger partial charge on any atom is -0.379 e. The van der Waals surface area contributed by atoms with Gasteiger partial charge in [0.25, 0.3) is 5.69 Å². The highest BCUT2D eigenvalue weighted by Gasteiger charge is 2.32. The summed E-state index contributed by atoms with van der Waals surface area (Å²) in [6.07, 6.45) is 1.36. The first-order valence-corrected chi connectivity index (χ1v) is 6.09. The fourth-order valence-electron chi connectivity index (χ4n) is 1.99. The summed E-state index contributed by atoms with van der Waals surface area (Å²) >= 11 is 3.28. The molecule has 1 aliphatic rings. The molecule has 0 spiro atoms. The zero-order chi connectivity index (χ0) is 12.5. The average Bonchev–Trinajstić information content (AvgIpc) is 2.68. The van der Waals surface area contributed by atoms with Crippen molar-refractivity contribution < 1.29 is 9.66 Å². The lowest BCUT2D eigenvalue weighted by Gasteiger charge is -2.22. The van der Waals surface area contributed by atoms with Crippen molar-refractivity contribution in [2.45, 2.75) is 18.4 Å². The summed E-state index contributed by atoms with van der Waals surface area (Å²) in [5.41, 5.74) is 6.69. The van der Waals surface area contributed by atoms with Crippen LogP contribution in [0.2, 0.25) is 0 Å². The molecule has 1 aromatic rings. The third-order valence-electron chi connectivity index (χ3n) is 2.93. The number of nitrogens with zero attached hydrogens (tertiary/aromatic N) is 1. The van der Waals surface area contributed by atoms with Crippen LogP contribution in [0.25, 0.3) is 0 Å². The molecule has 2 N–H and O–H groups in total. The molecule has 6 heteroatoms. The highest BCUT2D eigenvalue weighted by Crippen LogP contribution is 2.31. The van der Waals surface area contributed by atoms with Gasteiger partial charge < -0.3 is 10.5 Å². The zero-order valence-electron chi connectivity index (χ0n) is 9.19. The summed E-state index contributed by atoms with van der Waals surface area (Å²) in [5, 5.41) is 10.8. The van der Waals surface area contributed by atoms with Gasteiger partial charge in [0.2, 0.25) is 0 Å². The molecule has 0 saturated carbocycles. The maximum Gasteiger partial charge on any atom is 0.283 e. The van der Waals surface area contributed by atoms with Crippen LogP contribution in [0, 0.1) is 10.1 Å². The van der Waals surface area contributed by atoms with Crippen LogP contribution in [0.4, 0.5) is 5.69 Å². The van der Waals surface area contributed by atoms with Gasteiger partial charge in [-0.3, -0.25) is 10.1 Å². The van der Waals surface area contributed by atoms with Gasteiger partial charge in [0, 0.05) is 18.2 Å². The maximum absolute atomic E-state index is 10.8. The quantitative estimate of drug-likeness (QED) is 0.684. The van der Waals surface area contributed by atoms with Gasteiger partial charge in [-0.15, -0.1) is 0 Å².